The van der Waals surface area contributed by atoms with Crippen LogP contribution in [0, 0.1) is 0 Å². The minimum Gasteiger partial charge on any atom is -0.211 e. The highest BCUT2D eigenvalue weighted by molar-refractivity contribution is 7.99. The molecule has 0 spiro atoms. The van der Waals surface area contributed by atoms with Gasteiger partial charge in [-0.05, 0) is 23.6 Å². The molecule has 0 N–H and O–H groups in total. The summed E-state index contributed by atoms with van der Waals surface area (Å²) in [6, 6.07) is 6.18. The van der Waals surface area contributed by atoms with E-state index in [1.807, 2.05) is 23.9 Å². The Bertz CT molecular complexity index is 369. The van der Waals surface area contributed by atoms with Gasteiger partial charge in [0, 0.05) is 10.6 Å². The average molecular weight is 191 g/mol. The molecule has 0 unspecified atom stereocenters. The van der Waals surface area contributed by atoms with Crippen LogP contribution in [0.25, 0.3) is 0 Å². The van der Waals surface area contributed by atoms with E-state index in [-0.39, 0.29) is 0 Å². The third-order valence-electron chi connectivity index (χ3n) is 2.15. The number of fused-ring (bicyclic) bond motifs is 1. The largest absolute Gasteiger partial charge is 0.235 e. The Hall–Kier alpha value is -1.05. The number of hydrogen-bond donors (Lipinski definition) is 0. The van der Waals surface area contributed by atoms with Crippen molar-refractivity contribution in [3.05, 3.63) is 29.3 Å². The van der Waals surface area contributed by atoms with Gasteiger partial charge in [0.15, 0.2) is 0 Å². The standard InChI is InChI=1S/C10H9NOS/c12-7-11-6-8-2-1-3-10-9(8)4-5-13-10/h1-3H,4-6H2. The molecule has 0 aliphatic carbocycles. The third kappa shape index (κ3) is 1.67. The zero-order valence-electron chi connectivity index (χ0n) is 7.12. The van der Waals surface area contributed by atoms with Crippen LogP contribution in [0.3, 0.4) is 0 Å². The Morgan fingerprint density at radius 3 is 3.31 bits per heavy atom. The average Bonchev–Trinajstić information content (AvgIpc) is 2.62. The van der Waals surface area contributed by atoms with Crippen LogP contribution in [0.2, 0.25) is 0 Å². The summed E-state index contributed by atoms with van der Waals surface area (Å²) in [5.41, 5.74) is 2.54. The minimum absolute atomic E-state index is 0.479. The monoisotopic (exact) mass is 191 g/mol. The number of nitrogens with zero attached hydrogens (tertiary/aromatic N) is 1. The molecular weight excluding hydrogens is 182 g/mol. The molecule has 0 saturated heterocycles. The number of rotatable bonds is 2. The molecule has 0 radical (unpaired) electrons. The molecule has 2 nitrogen and oxygen atoms in total. The number of benzene rings is 1. The van der Waals surface area contributed by atoms with Gasteiger partial charge in [-0.2, -0.15) is 0 Å². The Morgan fingerprint density at radius 2 is 2.46 bits per heavy atom. The predicted molar refractivity (Wildman–Crippen MR) is 52.7 cm³/mol. The Labute approximate surface area is 81.1 Å². The maximum absolute atomic E-state index is 9.98. The first-order valence-corrected chi connectivity index (χ1v) is 5.17. The van der Waals surface area contributed by atoms with Gasteiger partial charge in [0.05, 0.1) is 6.54 Å². The molecule has 1 aliphatic rings. The molecule has 13 heavy (non-hydrogen) atoms. The second kappa shape index (κ2) is 3.77. The van der Waals surface area contributed by atoms with E-state index in [1.165, 1.54) is 16.0 Å². The predicted octanol–water partition coefficient (Wildman–Crippen LogP) is 2.17. The van der Waals surface area contributed by atoms with Gasteiger partial charge in [0.25, 0.3) is 0 Å². The third-order valence-corrected chi connectivity index (χ3v) is 3.26. The first-order valence-electron chi connectivity index (χ1n) is 4.19. The van der Waals surface area contributed by atoms with Crippen LogP contribution in [0.5, 0.6) is 0 Å². The van der Waals surface area contributed by atoms with E-state index in [2.05, 4.69) is 11.1 Å². The van der Waals surface area contributed by atoms with Crippen molar-refractivity contribution in [3.8, 4) is 0 Å². The normalized spacial score (nSPS) is 13.5. The topological polar surface area (TPSA) is 29.4 Å². The van der Waals surface area contributed by atoms with Crippen molar-refractivity contribution in [2.24, 2.45) is 4.99 Å². The van der Waals surface area contributed by atoms with E-state index in [1.54, 1.807) is 6.08 Å². The number of thioether (sulfide) groups is 1. The van der Waals surface area contributed by atoms with Gasteiger partial charge in [0.1, 0.15) is 0 Å². The van der Waals surface area contributed by atoms with E-state index in [9.17, 15) is 4.79 Å². The van der Waals surface area contributed by atoms with Gasteiger partial charge in [-0.25, -0.2) is 9.79 Å². The molecule has 0 bridgehead atoms. The van der Waals surface area contributed by atoms with Crippen LogP contribution in [-0.2, 0) is 17.8 Å². The molecule has 0 fully saturated rings. The van der Waals surface area contributed by atoms with Gasteiger partial charge in [-0.1, -0.05) is 12.1 Å². The maximum atomic E-state index is 9.98. The molecule has 2 rings (SSSR count). The second-order valence-electron chi connectivity index (χ2n) is 2.90. The summed E-state index contributed by atoms with van der Waals surface area (Å²) in [5.74, 6) is 1.15. The first-order chi connectivity index (χ1) is 6.42. The minimum atomic E-state index is 0.479. The number of hydrogen-bond acceptors (Lipinski definition) is 3. The van der Waals surface area contributed by atoms with Crippen LogP contribution < -0.4 is 0 Å². The van der Waals surface area contributed by atoms with Crippen molar-refractivity contribution >= 4 is 17.8 Å². The van der Waals surface area contributed by atoms with Gasteiger partial charge < -0.3 is 0 Å². The lowest BCUT2D eigenvalue weighted by atomic mass is 10.1. The number of aliphatic imine (C=N–C) groups is 1. The van der Waals surface area contributed by atoms with Gasteiger partial charge >= 0.3 is 0 Å². The molecule has 1 aliphatic heterocycles. The molecule has 66 valence electrons. The van der Waals surface area contributed by atoms with Crippen molar-refractivity contribution < 1.29 is 4.79 Å². The maximum Gasteiger partial charge on any atom is 0.235 e. The van der Waals surface area contributed by atoms with Crippen molar-refractivity contribution in [1.29, 1.82) is 0 Å². The first kappa shape index (κ1) is 8.54. The highest BCUT2D eigenvalue weighted by Crippen LogP contribution is 2.33. The summed E-state index contributed by atoms with van der Waals surface area (Å²) in [5, 5.41) is 0. The molecule has 1 aromatic rings. The fourth-order valence-corrected chi connectivity index (χ4v) is 2.67. The lowest BCUT2D eigenvalue weighted by Gasteiger charge is -2.02. The Balaban J connectivity index is 2.35. The molecule has 0 saturated carbocycles. The van der Waals surface area contributed by atoms with Crippen LogP contribution in [0.4, 0.5) is 0 Å². The zero-order chi connectivity index (χ0) is 9.10. The second-order valence-corrected chi connectivity index (χ2v) is 4.04. The van der Waals surface area contributed by atoms with E-state index >= 15 is 0 Å². The molecule has 0 aromatic heterocycles. The summed E-state index contributed by atoms with van der Waals surface area (Å²) in [4.78, 5) is 14.9. The Morgan fingerprint density at radius 1 is 1.54 bits per heavy atom. The smallest absolute Gasteiger partial charge is 0.211 e. The fourth-order valence-electron chi connectivity index (χ4n) is 1.56. The fraction of sp³-hybridized carbons (Fsp3) is 0.300. The van der Waals surface area contributed by atoms with Crippen LogP contribution in [-0.4, -0.2) is 11.8 Å². The van der Waals surface area contributed by atoms with Crippen molar-refractivity contribution in [2.45, 2.75) is 17.9 Å². The van der Waals surface area contributed by atoms with E-state index in [0.29, 0.717) is 6.54 Å². The summed E-state index contributed by atoms with van der Waals surface area (Å²) in [6.07, 6.45) is 2.68. The highest BCUT2D eigenvalue weighted by Gasteiger charge is 2.13. The summed E-state index contributed by atoms with van der Waals surface area (Å²) < 4.78 is 0. The molecule has 0 atom stereocenters. The summed E-state index contributed by atoms with van der Waals surface area (Å²) in [6.45, 7) is 0.479. The van der Waals surface area contributed by atoms with E-state index < -0.39 is 0 Å². The number of carbonyl (C=O) groups excluding carboxylic acids is 1. The summed E-state index contributed by atoms with van der Waals surface area (Å²) in [7, 11) is 0. The van der Waals surface area contributed by atoms with Crippen LogP contribution in [0.15, 0.2) is 28.1 Å². The number of isocyanates is 1. The van der Waals surface area contributed by atoms with E-state index in [4.69, 9.17) is 0 Å². The molecule has 1 heterocycles. The van der Waals surface area contributed by atoms with Crippen molar-refractivity contribution in [1.82, 2.24) is 0 Å². The summed E-state index contributed by atoms with van der Waals surface area (Å²) >= 11 is 1.88. The van der Waals surface area contributed by atoms with Gasteiger partial charge in [-0.15, -0.1) is 11.8 Å². The molecule has 0 amide bonds. The zero-order valence-corrected chi connectivity index (χ0v) is 7.93. The van der Waals surface area contributed by atoms with Gasteiger partial charge in [0.2, 0.25) is 6.08 Å². The van der Waals surface area contributed by atoms with Gasteiger partial charge in [-0.3, -0.25) is 0 Å². The van der Waals surface area contributed by atoms with Crippen molar-refractivity contribution in [2.75, 3.05) is 5.75 Å². The Kier molecular flexibility index (Phi) is 2.48. The van der Waals surface area contributed by atoms with Crippen LogP contribution in [0.1, 0.15) is 11.1 Å². The quantitative estimate of drug-likeness (QED) is 0.529. The lowest BCUT2D eigenvalue weighted by Crippen LogP contribution is -1.90. The van der Waals surface area contributed by atoms with E-state index in [0.717, 1.165) is 12.2 Å². The van der Waals surface area contributed by atoms with Crippen molar-refractivity contribution in [3.63, 3.8) is 0 Å². The lowest BCUT2D eigenvalue weighted by molar-refractivity contribution is 0.562. The molecular formula is C10H9NOS. The highest BCUT2D eigenvalue weighted by atomic mass is 32.2. The molecule has 1 aromatic carbocycles. The SMILES string of the molecule is O=C=NCc1cccc2c1CCS2. The van der Waals surface area contributed by atoms with Crippen LogP contribution >= 0.6 is 11.8 Å². The molecule has 3 heteroatoms.